The molecule has 10 heteroatoms. The SMILES string of the molecule is Cc1ccc(C)c(NC(=O)CSc2nnc(C(F)(F)F)n2N)c1. The van der Waals surface area contributed by atoms with Crippen LogP contribution in [-0.4, -0.2) is 26.5 Å². The van der Waals surface area contributed by atoms with Crippen molar-refractivity contribution >= 4 is 23.4 Å². The smallest absolute Gasteiger partial charge is 0.335 e. The highest BCUT2D eigenvalue weighted by Gasteiger charge is 2.38. The van der Waals surface area contributed by atoms with Crippen LogP contribution < -0.4 is 11.2 Å². The van der Waals surface area contributed by atoms with Gasteiger partial charge in [-0.25, -0.2) is 4.68 Å². The lowest BCUT2D eigenvalue weighted by Gasteiger charge is -2.09. The van der Waals surface area contributed by atoms with Crippen molar-refractivity contribution in [3.05, 3.63) is 35.2 Å². The molecule has 2 rings (SSSR count). The first-order valence-corrected chi connectivity index (χ1v) is 7.44. The first kappa shape index (κ1) is 17.1. The first-order chi connectivity index (χ1) is 10.7. The minimum absolute atomic E-state index is 0.138. The zero-order chi connectivity index (χ0) is 17.2. The maximum absolute atomic E-state index is 12.5. The molecule has 1 aromatic heterocycles. The number of aryl methyl sites for hydroxylation is 2. The van der Waals surface area contributed by atoms with Crippen molar-refractivity contribution in [3.63, 3.8) is 0 Å². The molecule has 3 N–H and O–H groups in total. The van der Waals surface area contributed by atoms with Gasteiger partial charge >= 0.3 is 6.18 Å². The lowest BCUT2D eigenvalue weighted by Crippen LogP contribution is -2.22. The standard InChI is InChI=1S/C13H14F3N5OS/c1-7-3-4-8(2)9(5-7)18-10(22)6-23-12-20-19-11(21(12)17)13(14,15)16/h3-5H,6,17H2,1-2H3,(H,18,22). The summed E-state index contributed by atoms with van der Waals surface area (Å²) in [5.74, 6) is 3.47. The second-order valence-corrected chi connectivity index (χ2v) is 5.77. The number of aromatic nitrogens is 3. The Morgan fingerprint density at radius 2 is 2.04 bits per heavy atom. The maximum Gasteiger partial charge on any atom is 0.453 e. The number of halogens is 3. The molecular weight excluding hydrogens is 331 g/mol. The van der Waals surface area contributed by atoms with Crippen LogP contribution in [-0.2, 0) is 11.0 Å². The molecule has 6 nitrogen and oxygen atoms in total. The van der Waals surface area contributed by atoms with Crippen LogP contribution in [0, 0.1) is 13.8 Å². The summed E-state index contributed by atoms with van der Waals surface area (Å²) in [5.41, 5.74) is 2.52. The number of amides is 1. The Morgan fingerprint density at radius 1 is 1.35 bits per heavy atom. The second-order valence-electron chi connectivity index (χ2n) is 4.83. The van der Waals surface area contributed by atoms with Crippen molar-refractivity contribution in [1.82, 2.24) is 14.9 Å². The lowest BCUT2D eigenvalue weighted by atomic mass is 10.1. The van der Waals surface area contributed by atoms with E-state index in [9.17, 15) is 18.0 Å². The van der Waals surface area contributed by atoms with E-state index in [4.69, 9.17) is 5.84 Å². The Balaban J connectivity index is 2.00. The van der Waals surface area contributed by atoms with E-state index in [1.807, 2.05) is 32.0 Å². The fraction of sp³-hybridized carbons (Fsp3) is 0.308. The van der Waals surface area contributed by atoms with Crippen LogP contribution in [0.4, 0.5) is 18.9 Å². The number of rotatable bonds is 4. The highest BCUT2D eigenvalue weighted by molar-refractivity contribution is 7.99. The molecule has 1 amide bonds. The minimum atomic E-state index is -4.69. The molecule has 1 aromatic carbocycles. The van der Waals surface area contributed by atoms with E-state index >= 15 is 0 Å². The minimum Gasteiger partial charge on any atom is -0.335 e. The molecule has 1 heterocycles. The van der Waals surface area contributed by atoms with Gasteiger partial charge in [-0.3, -0.25) is 4.79 Å². The van der Waals surface area contributed by atoms with Gasteiger partial charge in [0.15, 0.2) is 0 Å². The van der Waals surface area contributed by atoms with Crippen molar-refractivity contribution in [1.29, 1.82) is 0 Å². The number of nitrogens with one attached hydrogen (secondary N) is 1. The van der Waals surface area contributed by atoms with Crippen LogP contribution in [0.2, 0.25) is 0 Å². The molecule has 0 aliphatic rings. The van der Waals surface area contributed by atoms with Crippen LogP contribution in [0.1, 0.15) is 17.0 Å². The number of alkyl halides is 3. The molecule has 0 atom stereocenters. The van der Waals surface area contributed by atoms with E-state index in [0.29, 0.717) is 10.4 Å². The average molecular weight is 345 g/mol. The molecule has 0 spiro atoms. The molecule has 0 bridgehead atoms. The van der Waals surface area contributed by atoms with E-state index in [1.165, 1.54) is 0 Å². The van der Waals surface area contributed by atoms with Gasteiger partial charge < -0.3 is 11.2 Å². The van der Waals surface area contributed by atoms with Crippen LogP contribution >= 0.6 is 11.8 Å². The van der Waals surface area contributed by atoms with Gasteiger partial charge in [-0.1, -0.05) is 23.9 Å². The van der Waals surface area contributed by atoms with Gasteiger partial charge in [0.1, 0.15) is 0 Å². The summed E-state index contributed by atoms with van der Waals surface area (Å²) in [5, 5.41) is 8.84. The quantitative estimate of drug-likeness (QED) is 0.656. The Bertz CT molecular complexity index is 729. The van der Waals surface area contributed by atoms with E-state index in [-0.39, 0.29) is 16.8 Å². The third kappa shape index (κ3) is 4.15. The summed E-state index contributed by atoms with van der Waals surface area (Å²) < 4.78 is 37.9. The number of thioether (sulfide) groups is 1. The summed E-state index contributed by atoms with van der Waals surface area (Å²) >= 11 is 0.774. The van der Waals surface area contributed by atoms with E-state index < -0.39 is 12.0 Å². The Kier molecular flexibility index (Phi) is 4.83. The topological polar surface area (TPSA) is 85.8 Å². The van der Waals surface area contributed by atoms with Crippen molar-refractivity contribution in [2.75, 3.05) is 16.9 Å². The highest BCUT2D eigenvalue weighted by atomic mass is 32.2. The molecule has 0 saturated heterocycles. The molecule has 0 saturated carbocycles. The third-order valence-electron chi connectivity index (χ3n) is 2.92. The number of hydrogen-bond acceptors (Lipinski definition) is 5. The number of hydrogen-bond donors (Lipinski definition) is 2. The van der Waals surface area contributed by atoms with Gasteiger partial charge in [0.25, 0.3) is 5.82 Å². The van der Waals surface area contributed by atoms with Crippen LogP contribution in [0.15, 0.2) is 23.4 Å². The predicted octanol–water partition coefficient (Wildman–Crippen LogP) is 2.36. The Labute approximate surface area is 134 Å². The molecule has 124 valence electrons. The molecule has 0 aliphatic heterocycles. The number of nitrogen functional groups attached to an aromatic ring is 1. The number of nitrogens with two attached hydrogens (primary N) is 1. The van der Waals surface area contributed by atoms with Crippen LogP contribution in [0.3, 0.4) is 0 Å². The Morgan fingerprint density at radius 3 is 2.65 bits per heavy atom. The second kappa shape index (κ2) is 6.49. The Hall–Kier alpha value is -2.23. The van der Waals surface area contributed by atoms with E-state index in [1.54, 1.807) is 0 Å². The van der Waals surface area contributed by atoms with Crippen molar-refractivity contribution in [3.8, 4) is 0 Å². The van der Waals surface area contributed by atoms with Gasteiger partial charge in [-0.15, -0.1) is 10.2 Å². The zero-order valence-corrected chi connectivity index (χ0v) is 13.1. The number of benzene rings is 1. The van der Waals surface area contributed by atoms with Crippen LogP contribution in [0.25, 0.3) is 0 Å². The fourth-order valence-electron chi connectivity index (χ4n) is 1.76. The van der Waals surface area contributed by atoms with Gasteiger partial charge in [0.2, 0.25) is 11.1 Å². The predicted molar refractivity (Wildman–Crippen MR) is 80.4 cm³/mol. The molecule has 23 heavy (non-hydrogen) atoms. The fourth-order valence-corrected chi connectivity index (χ4v) is 2.41. The van der Waals surface area contributed by atoms with Crippen molar-refractivity contribution < 1.29 is 18.0 Å². The molecule has 0 fully saturated rings. The molecule has 0 radical (unpaired) electrons. The van der Waals surface area contributed by atoms with Crippen molar-refractivity contribution in [2.45, 2.75) is 25.2 Å². The highest BCUT2D eigenvalue weighted by Crippen LogP contribution is 2.28. The molecule has 0 unspecified atom stereocenters. The molecule has 0 aliphatic carbocycles. The van der Waals surface area contributed by atoms with Crippen LogP contribution in [0.5, 0.6) is 0 Å². The summed E-state index contributed by atoms with van der Waals surface area (Å²) in [6.45, 7) is 3.73. The normalized spacial score (nSPS) is 11.5. The summed E-state index contributed by atoms with van der Waals surface area (Å²) in [6.07, 6.45) is -4.69. The molecular formula is C13H14F3N5OS. The largest absolute Gasteiger partial charge is 0.453 e. The van der Waals surface area contributed by atoms with Gasteiger partial charge in [0, 0.05) is 5.69 Å². The zero-order valence-electron chi connectivity index (χ0n) is 12.3. The summed E-state index contributed by atoms with van der Waals surface area (Å²) in [4.78, 5) is 11.9. The van der Waals surface area contributed by atoms with Gasteiger partial charge in [-0.2, -0.15) is 13.2 Å². The lowest BCUT2D eigenvalue weighted by molar-refractivity contribution is -0.146. The number of carbonyl (C=O) groups excluding carboxylic acids is 1. The maximum atomic E-state index is 12.5. The molecule has 2 aromatic rings. The van der Waals surface area contributed by atoms with Crippen molar-refractivity contribution in [2.24, 2.45) is 0 Å². The van der Waals surface area contributed by atoms with Gasteiger partial charge in [-0.05, 0) is 31.0 Å². The number of anilines is 1. The first-order valence-electron chi connectivity index (χ1n) is 6.46. The summed E-state index contributed by atoms with van der Waals surface area (Å²) in [6, 6.07) is 5.59. The van der Waals surface area contributed by atoms with E-state index in [0.717, 1.165) is 22.9 Å². The third-order valence-corrected chi connectivity index (χ3v) is 3.86. The van der Waals surface area contributed by atoms with E-state index in [2.05, 4.69) is 15.5 Å². The number of nitrogens with zero attached hydrogens (tertiary/aromatic N) is 3. The summed E-state index contributed by atoms with van der Waals surface area (Å²) in [7, 11) is 0. The average Bonchev–Trinajstić information content (AvgIpc) is 2.82. The number of carbonyl (C=O) groups is 1. The van der Waals surface area contributed by atoms with Gasteiger partial charge in [0.05, 0.1) is 5.75 Å². The monoisotopic (exact) mass is 345 g/mol.